The Hall–Kier alpha value is -1.41. The molecule has 0 saturated heterocycles. The number of allylic oxidation sites excluding steroid dienone is 4. The van der Waals surface area contributed by atoms with Crippen molar-refractivity contribution in [3.05, 3.63) is 57.7 Å². The predicted molar refractivity (Wildman–Crippen MR) is 88.7 cm³/mol. The van der Waals surface area contributed by atoms with Gasteiger partial charge in [0.15, 0.2) is 0 Å². The molecule has 0 amide bonds. The maximum absolute atomic E-state index is 6.12. The van der Waals surface area contributed by atoms with Crippen molar-refractivity contribution in [1.82, 2.24) is 0 Å². The van der Waals surface area contributed by atoms with Crippen LogP contribution >= 0.6 is 11.8 Å². The summed E-state index contributed by atoms with van der Waals surface area (Å²) in [5.41, 5.74) is 4.44. The molecule has 0 atom stereocenters. The van der Waals surface area contributed by atoms with Gasteiger partial charge in [0.25, 0.3) is 0 Å². The molecule has 2 aliphatic carbocycles. The third-order valence-corrected chi connectivity index (χ3v) is 5.69. The van der Waals surface area contributed by atoms with Crippen molar-refractivity contribution in [3.63, 3.8) is 0 Å². The van der Waals surface area contributed by atoms with Crippen LogP contribution in [0.2, 0.25) is 0 Å². The Morgan fingerprint density at radius 3 is 2.67 bits per heavy atom. The van der Waals surface area contributed by atoms with Crippen LogP contribution in [0.1, 0.15) is 51.0 Å². The highest BCUT2D eigenvalue weighted by Gasteiger charge is 2.27. The molecule has 1 fully saturated rings. The second-order valence-electron chi connectivity index (χ2n) is 6.32. The first-order valence-corrected chi connectivity index (χ1v) is 8.68. The molecule has 1 aromatic carbocycles. The SMILES string of the molecule is CC(C)c1ccc2c(c1)SC1=C(C=CC1=C1CCCC1)O2. The van der Waals surface area contributed by atoms with Gasteiger partial charge in [-0.3, -0.25) is 0 Å². The molecule has 0 N–H and O–H groups in total. The molecule has 0 spiro atoms. The third-order valence-electron chi connectivity index (χ3n) is 4.52. The van der Waals surface area contributed by atoms with E-state index in [1.807, 2.05) is 11.8 Å². The largest absolute Gasteiger partial charge is 0.455 e. The monoisotopic (exact) mass is 296 g/mol. The van der Waals surface area contributed by atoms with Crippen LogP contribution in [0.4, 0.5) is 0 Å². The van der Waals surface area contributed by atoms with Crippen molar-refractivity contribution in [3.8, 4) is 5.75 Å². The minimum Gasteiger partial charge on any atom is -0.455 e. The number of hydrogen-bond donors (Lipinski definition) is 0. The maximum atomic E-state index is 6.12. The Balaban J connectivity index is 1.72. The smallest absolute Gasteiger partial charge is 0.142 e. The molecule has 1 aliphatic heterocycles. The Morgan fingerprint density at radius 2 is 1.90 bits per heavy atom. The number of hydrogen-bond acceptors (Lipinski definition) is 2. The summed E-state index contributed by atoms with van der Waals surface area (Å²) in [7, 11) is 0. The zero-order valence-corrected chi connectivity index (χ0v) is 13.4. The molecule has 1 heterocycles. The minimum absolute atomic E-state index is 0.556. The Labute approximate surface area is 130 Å². The van der Waals surface area contributed by atoms with Gasteiger partial charge in [-0.25, -0.2) is 0 Å². The standard InChI is InChI=1S/C19H20OS/c1-12(2)14-7-9-16-18(11-14)21-19-15(8-10-17(19)20-16)13-5-3-4-6-13/h7-12H,3-6H2,1-2H3. The first-order chi connectivity index (χ1) is 10.2. The summed E-state index contributed by atoms with van der Waals surface area (Å²) in [5, 5.41) is 0. The first kappa shape index (κ1) is 13.3. The topological polar surface area (TPSA) is 9.23 Å². The fourth-order valence-electron chi connectivity index (χ4n) is 3.25. The van der Waals surface area contributed by atoms with Gasteiger partial charge in [0.05, 0.1) is 9.80 Å². The lowest BCUT2D eigenvalue weighted by Crippen LogP contribution is -2.02. The fraction of sp³-hybridized carbons (Fsp3) is 0.368. The van der Waals surface area contributed by atoms with Crippen LogP contribution < -0.4 is 4.74 Å². The van der Waals surface area contributed by atoms with Gasteiger partial charge < -0.3 is 4.74 Å². The van der Waals surface area contributed by atoms with Gasteiger partial charge in [0.1, 0.15) is 11.5 Å². The Bertz CT molecular complexity index is 684. The minimum atomic E-state index is 0.556. The van der Waals surface area contributed by atoms with Crippen LogP contribution in [-0.2, 0) is 0 Å². The molecule has 108 valence electrons. The molecule has 1 saturated carbocycles. The molecule has 0 bridgehead atoms. The predicted octanol–water partition coefficient (Wildman–Crippen LogP) is 5.95. The summed E-state index contributed by atoms with van der Waals surface area (Å²) >= 11 is 1.89. The van der Waals surface area contributed by atoms with Gasteiger partial charge in [0, 0.05) is 0 Å². The van der Waals surface area contributed by atoms with Crippen molar-refractivity contribution in [2.45, 2.75) is 50.3 Å². The first-order valence-electron chi connectivity index (χ1n) is 7.87. The summed E-state index contributed by atoms with van der Waals surface area (Å²) in [6.45, 7) is 4.48. The van der Waals surface area contributed by atoms with E-state index in [2.05, 4.69) is 44.2 Å². The average Bonchev–Trinajstić information content (AvgIpc) is 3.12. The van der Waals surface area contributed by atoms with E-state index in [4.69, 9.17) is 4.74 Å². The molecule has 0 unspecified atom stereocenters. The number of ether oxygens (including phenoxy) is 1. The Kier molecular flexibility index (Phi) is 3.22. The van der Waals surface area contributed by atoms with E-state index in [1.54, 1.807) is 5.57 Å². The highest BCUT2D eigenvalue weighted by molar-refractivity contribution is 8.03. The molecule has 0 radical (unpaired) electrons. The van der Waals surface area contributed by atoms with E-state index in [-0.39, 0.29) is 0 Å². The van der Waals surface area contributed by atoms with Gasteiger partial charge in [-0.15, -0.1) is 0 Å². The van der Waals surface area contributed by atoms with Gasteiger partial charge in [0.2, 0.25) is 0 Å². The maximum Gasteiger partial charge on any atom is 0.142 e. The van der Waals surface area contributed by atoms with Crippen LogP contribution in [0.25, 0.3) is 0 Å². The number of thioether (sulfide) groups is 1. The van der Waals surface area contributed by atoms with Crippen LogP contribution in [0.15, 0.2) is 57.1 Å². The summed E-state index contributed by atoms with van der Waals surface area (Å²) in [4.78, 5) is 2.60. The molecule has 4 rings (SSSR count). The van der Waals surface area contributed by atoms with E-state index < -0.39 is 0 Å². The molecular weight excluding hydrogens is 276 g/mol. The molecule has 2 heteroatoms. The summed E-state index contributed by atoms with van der Waals surface area (Å²) in [6, 6.07) is 6.60. The van der Waals surface area contributed by atoms with E-state index >= 15 is 0 Å². The highest BCUT2D eigenvalue weighted by Crippen LogP contribution is 2.50. The lowest BCUT2D eigenvalue weighted by Gasteiger charge is -2.21. The zero-order valence-electron chi connectivity index (χ0n) is 12.6. The van der Waals surface area contributed by atoms with Crippen LogP contribution in [-0.4, -0.2) is 0 Å². The van der Waals surface area contributed by atoms with Gasteiger partial charge in [-0.2, -0.15) is 0 Å². The van der Waals surface area contributed by atoms with Crippen LogP contribution in [0, 0.1) is 0 Å². The summed E-state index contributed by atoms with van der Waals surface area (Å²) in [5.74, 6) is 2.60. The van der Waals surface area contributed by atoms with Crippen molar-refractivity contribution in [1.29, 1.82) is 0 Å². The molecule has 1 nitrogen and oxygen atoms in total. The average molecular weight is 296 g/mol. The van der Waals surface area contributed by atoms with Crippen molar-refractivity contribution >= 4 is 11.8 Å². The molecular formula is C19H20OS. The Morgan fingerprint density at radius 1 is 1.10 bits per heavy atom. The third kappa shape index (κ3) is 2.26. The molecule has 1 aromatic rings. The van der Waals surface area contributed by atoms with Crippen molar-refractivity contribution in [2.24, 2.45) is 0 Å². The zero-order chi connectivity index (χ0) is 14.4. The fourth-order valence-corrected chi connectivity index (χ4v) is 4.41. The number of rotatable bonds is 1. The van der Waals surface area contributed by atoms with Gasteiger partial charge in [-0.05, 0) is 60.9 Å². The summed E-state index contributed by atoms with van der Waals surface area (Å²) in [6.07, 6.45) is 9.60. The van der Waals surface area contributed by atoms with E-state index in [1.165, 1.54) is 46.6 Å². The number of fused-ring (bicyclic) bond motifs is 1. The van der Waals surface area contributed by atoms with E-state index in [0.717, 1.165) is 11.5 Å². The molecule has 21 heavy (non-hydrogen) atoms. The second-order valence-corrected chi connectivity index (χ2v) is 7.37. The number of benzene rings is 1. The highest BCUT2D eigenvalue weighted by atomic mass is 32.2. The lowest BCUT2D eigenvalue weighted by molar-refractivity contribution is 0.430. The van der Waals surface area contributed by atoms with Crippen molar-refractivity contribution in [2.75, 3.05) is 0 Å². The normalized spacial score (nSPS) is 20.1. The van der Waals surface area contributed by atoms with E-state index in [9.17, 15) is 0 Å². The lowest BCUT2D eigenvalue weighted by atomic mass is 10.0. The molecule has 3 aliphatic rings. The van der Waals surface area contributed by atoms with Crippen LogP contribution in [0.5, 0.6) is 5.75 Å². The van der Waals surface area contributed by atoms with Crippen LogP contribution in [0.3, 0.4) is 0 Å². The quantitative estimate of drug-likeness (QED) is 0.633. The van der Waals surface area contributed by atoms with Gasteiger partial charge >= 0.3 is 0 Å². The van der Waals surface area contributed by atoms with Crippen molar-refractivity contribution < 1.29 is 4.74 Å². The molecule has 0 aromatic heterocycles. The van der Waals surface area contributed by atoms with Gasteiger partial charge in [-0.1, -0.05) is 43.3 Å². The summed E-state index contributed by atoms with van der Waals surface area (Å²) < 4.78 is 6.12. The van der Waals surface area contributed by atoms with E-state index in [0.29, 0.717) is 5.92 Å². The second kappa shape index (κ2) is 5.10.